The molecule has 0 aromatic heterocycles. The number of hydrazine groups is 1. The van der Waals surface area contributed by atoms with E-state index in [0.29, 0.717) is 18.5 Å². The van der Waals surface area contributed by atoms with Gasteiger partial charge in [0.25, 0.3) is 0 Å². The molecule has 1 aromatic rings. The highest BCUT2D eigenvalue weighted by Gasteiger charge is 2.45. The van der Waals surface area contributed by atoms with Gasteiger partial charge in [-0.1, -0.05) is 25.1 Å². The van der Waals surface area contributed by atoms with Gasteiger partial charge in [0.15, 0.2) is 0 Å². The van der Waals surface area contributed by atoms with Crippen molar-refractivity contribution in [2.45, 2.75) is 58.0 Å². The second kappa shape index (κ2) is 6.95. The van der Waals surface area contributed by atoms with Crippen LogP contribution in [0.4, 0.5) is 10.5 Å². The van der Waals surface area contributed by atoms with Crippen LogP contribution >= 0.6 is 0 Å². The number of carbonyl (C=O) groups is 1. The molecule has 0 saturated heterocycles. The molecule has 2 unspecified atom stereocenters. The second-order valence-corrected chi connectivity index (χ2v) is 7.66. The van der Waals surface area contributed by atoms with Gasteiger partial charge in [-0.05, 0) is 62.4 Å². The monoisotopic (exact) mass is 354 g/mol. The molecule has 0 spiro atoms. The standard InChI is InChI=1S/C21H30N4O/c1-4-11-24-12-7-9-15-16-8-6-10-18-20(16)17(13-19(15)24)14(3)25(18)23-21(26)22-5-2/h6,8-10,14,17,19H,4-5,7,11-13H2,1-3H3,(H2,22,23,26)/t14?,17?,19-/m1/s1. The number of benzene rings is 1. The van der Waals surface area contributed by atoms with Crippen LogP contribution in [0.15, 0.2) is 24.3 Å². The van der Waals surface area contributed by atoms with Gasteiger partial charge in [0.2, 0.25) is 0 Å². The first-order valence-corrected chi connectivity index (χ1v) is 10.1. The average molecular weight is 354 g/mol. The van der Waals surface area contributed by atoms with E-state index in [2.05, 4.69) is 58.8 Å². The maximum atomic E-state index is 12.2. The van der Waals surface area contributed by atoms with Gasteiger partial charge in [-0.2, -0.15) is 0 Å². The van der Waals surface area contributed by atoms with E-state index < -0.39 is 0 Å². The van der Waals surface area contributed by atoms with Crippen molar-refractivity contribution in [3.63, 3.8) is 0 Å². The van der Waals surface area contributed by atoms with Crippen molar-refractivity contribution in [2.24, 2.45) is 0 Å². The van der Waals surface area contributed by atoms with Crippen LogP contribution in [0.3, 0.4) is 0 Å². The van der Waals surface area contributed by atoms with E-state index in [-0.39, 0.29) is 12.1 Å². The molecule has 26 heavy (non-hydrogen) atoms. The molecule has 0 fully saturated rings. The zero-order valence-electron chi connectivity index (χ0n) is 16.1. The topological polar surface area (TPSA) is 47.6 Å². The van der Waals surface area contributed by atoms with Crippen LogP contribution in [-0.2, 0) is 0 Å². The Labute approximate surface area is 156 Å². The Bertz CT molecular complexity index is 729. The van der Waals surface area contributed by atoms with E-state index in [9.17, 15) is 4.79 Å². The summed E-state index contributed by atoms with van der Waals surface area (Å²) < 4.78 is 0. The lowest BCUT2D eigenvalue weighted by atomic mass is 9.74. The molecule has 0 radical (unpaired) electrons. The summed E-state index contributed by atoms with van der Waals surface area (Å²) in [5, 5.41) is 4.93. The molecule has 0 saturated carbocycles. The SMILES string of the molecule is CCCN1CCC=C2c3cccc4c3C(C[C@H]21)C(C)N4NC(=O)NCC. The van der Waals surface area contributed by atoms with Crippen molar-refractivity contribution in [3.05, 3.63) is 35.4 Å². The van der Waals surface area contributed by atoms with Gasteiger partial charge in [-0.3, -0.25) is 9.91 Å². The summed E-state index contributed by atoms with van der Waals surface area (Å²) in [6.45, 7) is 9.41. The Morgan fingerprint density at radius 3 is 2.92 bits per heavy atom. The van der Waals surface area contributed by atoms with Crippen LogP contribution in [0.25, 0.3) is 5.57 Å². The van der Waals surface area contributed by atoms with Crippen molar-refractivity contribution in [3.8, 4) is 0 Å². The fraction of sp³-hybridized carbons (Fsp3) is 0.571. The first-order chi connectivity index (χ1) is 12.7. The van der Waals surface area contributed by atoms with Crippen LogP contribution in [0.2, 0.25) is 0 Å². The number of hydrogen-bond acceptors (Lipinski definition) is 3. The number of fused-ring (bicyclic) bond motifs is 2. The second-order valence-electron chi connectivity index (χ2n) is 7.66. The smallest absolute Gasteiger partial charge is 0.333 e. The number of rotatable bonds is 4. The predicted molar refractivity (Wildman–Crippen MR) is 106 cm³/mol. The zero-order chi connectivity index (χ0) is 18.3. The molecular weight excluding hydrogens is 324 g/mol. The minimum Gasteiger partial charge on any atom is -0.337 e. The quantitative estimate of drug-likeness (QED) is 0.870. The minimum atomic E-state index is -0.125. The summed E-state index contributed by atoms with van der Waals surface area (Å²) in [5.74, 6) is 0.461. The fourth-order valence-electron chi connectivity index (χ4n) is 5.07. The van der Waals surface area contributed by atoms with Crippen LogP contribution in [0.1, 0.15) is 57.1 Å². The van der Waals surface area contributed by atoms with Crippen molar-refractivity contribution in [2.75, 3.05) is 24.6 Å². The molecule has 1 aromatic carbocycles. The lowest BCUT2D eigenvalue weighted by molar-refractivity contribution is 0.206. The van der Waals surface area contributed by atoms with Gasteiger partial charge in [-0.15, -0.1) is 0 Å². The molecular formula is C21H30N4O. The van der Waals surface area contributed by atoms with Gasteiger partial charge >= 0.3 is 6.03 Å². The molecule has 3 atom stereocenters. The largest absolute Gasteiger partial charge is 0.337 e. The summed E-state index contributed by atoms with van der Waals surface area (Å²) in [7, 11) is 0. The van der Waals surface area contributed by atoms with Crippen molar-refractivity contribution >= 4 is 17.3 Å². The lowest BCUT2D eigenvalue weighted by Gasteiger charge is -2.42. The van der Waals surface area contributed by atoms with Crippen LogP contribution in [-0.4, -0.2) is 42.6 Å². The van der Waals surface area contributed by atoms with Gasteiger partial charge < -0.3 is 5.32 Å². The van der Waals surface area contributed by atoms with E-state index in [1.807, 2.05) is 6.92 Å². The molecule has 5 nitrogen and oxygen atoms in total. The lowest BCUT2D eigenvalue weighted by Crippen LogP contribution is -2.51. The number of carbonyl (C=O) groups excluding carboxylic acids is 1. The normalized spacial score (nSPS) is 26.8. The van der Waals surface area contributed by atoms with Gasteiger partial charge in [0.05, 0.1) is 11.7 Å². The summed E-state index contributed by atoms with van der Waals surface area (Å²) in [5.41, 5.74) is 8.57. The van der Waals surface area contributed by atoms with E-state index in [4.69, 9.17) is 0 Å². The van der Waals surface area contributed by atoms with Gasteiger partial charge in [-0.25, -0.2) is 10.2 Å². The van der Waals surface area contributed by atoms with Gasteiger partial charge in [0.1, 0.15) is 0 Å². The summed E-state index contributed by atoms with van der Waals surface area (Å²) in [6.07, 6.45) is 5.93. The maximum Gasteiger partial charge on any atom is 0.333 e. The molecule has 140 valence electrons. The highest BCUT2D eigenvalue weighted by atomic mass is 16.2. The average Bonchev–Trinajstić information content (AvgIpc) is 2.90. The van der Waals surface area contributed by atoms with E-state index in [1.54, 1.807) is 0 Å². The van der Waals surface area contributed by atoms with E-state index >= 15 is 0 Å². The first-order valence-electron chi connectivity index (χ1n) is 10.1. The van der Waals surface area contributed by atoms with E-state index in [0.717, 1.165) is 12.8 Å². The van der Waals surface area contributed by atoms with Gasteiger partial charge in [0, 0.05) is 25.0 Å². The molecule has 3 aliphatic rings. The van der Waals surface area contributed by atoms with Crippen molar-refractivity contribution in [1.82, 2.24) is 15.6 Å². The number of urea groups is 1. The highest BCUT2D eigenvalue weighted by molar-refractivity contribution is 5.84. The third kappa shape index (κ3) is 2.69. The molecule has 0 bridgehead atoms. The Morgan fingerprint density at radius 1 is 1.31 bits per heavy atom. The molecule has 2 N–H and O–H groups in total. The van der Waals surface area contributed by atoms with E-state index in [1.165, 1.54) is 41.9 Å². The Kier molecular flexibility index (Phi) is 4.65. The fourth-order valence-corrected chi connectivity index (χ4v) is 5.07. The Balaban J connectivity index is 1.71. The third-order valence-electron chi connectivity index (χ3n) is 6.14. The zero-order valence-corrected chi connectivity index (χ0v) is 16.1. The third-order valence-corrected chi connectivity index (χ3v) is 6.14. The number of anilines is 1. The first kappa shape index (κ1) is 17.4. The van der Waals surface area contributed by atoms with Crippen LogP contribution in [0, 0.1) is 0 Å². The molecule has 4 rings (SSSR count). The molecule has 2 heterocycles. The van der Waals surface area contributed by atoms with Crippen molar-refractivity contribution in [1.29, 1.82) is 0 Å². The summed E-state index contributed by atoms with van der Waals surface area (Å²) in [4.78, 5) is 14.8. The van der Waals surface area contributed by atoms with Crippen LogP contribution < -0.4 is 15.8 Å². The Morgan fingerprint density at radius 2 is 2.15 bits per heavy atom. The maximum absolute atomic E-state index is 12.2. The molecule has 1 aliphatic carbocycles. The highest BCUT2D eigenvalue weighted by Crippen LogP contribution is 2.52. The number of nitrogens with zero attached hydrogens (tertiary/aromatic N) is 2. The molecule has 2 aliphatic heterocycles. The minimum absolute atomic E-state index is 0.125. The number of hydrogen-bond donors (Lipinski definition) is 2. The Hall–Kier alpha value is -2.01. The summed E-state index contributed by atoms with van der Waals surface area (Å²) >= 11 is 0. The number of amides is 2. The number of nitrogens with one attached hydrogen (secondary N) is 2. The van der Waals surface area contributed by atoms with Crippen molar-refractivity contribution < 1.29 is 4.79 Å². The molecule has 5 heteroatoms. The van der Waals surface area contributed by atoms with Crippen LogP contribution in [0.5, 0.6) is 0 Å². The summed E-state index contributed by atoms with van der Waals surface area (Å²) in [6, 6.07) is 7.22. The predicted octanol–water partition coefficient (Wildman–Crippen LogP) is 3.48. The molecule has 2 amide bonds.